The monoisotopic (exact) mass is 471 g/mol. The first-order chi connectivity index (χ1) is 14.5. The summed E-state index contributed by atoms with van der Waals surface area (Å²) in [5.41, 5.74) is 1.40. The second kappa shape index (κ2) is 9.94. The molecule has 1 heterocycles. The molecule has 2 aromatic rings. The fourth-order valence-corrected chi connectivity index (χ4v) is 3.93. The third-order valence-corrected chi connectivity index (χ3v) is 5.70. The van der Waals surface area contributed by atoms with Crippen molar-refractivity contribution in [3.05, 3.63) is 69.7 Å². The molecule has 3 rings (SSSR count). The van der Waals surface area contributed by atoms with Gasteiger partial charge >= 0.3 is 0 Å². The number of carbonyl (C=O) groups is 2. The predicted molar refractivity (Wildman–Crippen MR) is 120 cm³/mol. The number of aliphatic hydroxyl groups is 1. The smallest absolute Gasteiger partial charge is 0.295 e. The summed E-state index contributed by atoms with van der Waals surface area (Å²) in [5.74, 6) is -0.649. The van der Waals surface area contributed by atoms with Gasteiger partial charge < -0.3 is 14.7 Å². The maximum absolute atomic E-state index is 12.9. The molecule has 1 fully saturated rings. The SMILES string of the molecule is CCCCCN1C(=O)C(=O)/C(=C(\O)c2ccc(Br)cc2)C1c1ccc(OCC)cc1. The molecule has 0 spiro atoms. The summed E-state index contributed by atoms with van der Waals surface area (Å²) in [7, 11) is 0. The Labute approximate surface area is 185 Å². The van der Waals surface area contributed by atoms with Crippen molar-refractivity contribution >= 4 is 33.4 Å². The first-order valence-electron chi connectivity index (χ1n) is 10.2. The molecule has 1 aliphatic heterocycles. The minimum Gasteiger partial charge on any atom is -0.507 e. The van der Waals surface area contributed by atoms with Crippen molar-refractivity contribution in [3.63, 3.8) is 0 Å². The Bertz CT molecular complexity index is 935. The van der Waals surface area contributed by atoms with E-state index in [-0.39, 0.29) is 11.3 Å². The van der Waals surface area contributed by atoms with E-state index in [4.69, 9.17) is 4.74 Å². The molecule has 2 aromatic carbocycles. The lowest BCUT2D eigenvalue weighted by Crippen LogP contribution is -2.30. The lowest BCUT2D eigenvalue weighted by Gasteiger charge is -2.25. The van der Waals surface area contributed by atoms with Crippen molar-refractivity contribution in [2.45, 2.75) is 39.2 Å². The Balaban J connectivity index is 2.07. The van der Waals surface area contributed by atoms with Crippen molar-refractivity contribution in [2.75, 3.05) is 13.2 Å². The molecule has 0 radical (unpaired) electrons. The van der Waals surface area contributed by atoms with Gasteiger partial charge in [-0.25, -0.2) is 0 Å². The molecule has 1 amide bonds. The van der Waals surface area contributed by atoms with Gasteiger partial charge in [0.2, 0.25) is 0 Å². The van der Waals surface area contributed by atoms with Gasteiger partial charge in [0.15, 0.2) is 0 Å². The van der Waals surface area contributed by atoms with E-state index < -0.39 is 17.7 Å². The Morgan fingerprint density at radius 2 is 1.70 bits per heavy atom. The van der Waals surface area contributed by atoms with Gasteiger partial charge in [-0.3, -0.25) is 9.59 Å². The number of aliphatic hydroxyl groups excluding tert-OH is 1. The number of hydrogen-bond donors (Lipinski definition) is 1. The summed E-state index contributed by atoms with van der Waals surface area (Å²) in [6.07, 6.45) is 2.78. The van der Waals surface area contributed by atoms with Crippen LogP contribution in [0.2, 0.25) is 0 Å². The molecule has 1 unspecified atom stereocenters. The van der Waals surface area contributed by atoms with Crippen LogP contribution in [0.3, 0.4) is 0 Å². The summed E-state index contributed by atoms with van der Waals surface area (Å²) in [4.78, 5) is 27.4. The number of rotatable bonds is 8. The summed E-state index contributed by atoms with van der Waals surface area (Å²) < 4.78 is 6.38. The molecule has 1 saturated heterocycles. The molecular weight excluding hydrogens is 446 g/mol. The Morgan fingerprint density at radius 1 is 1.03 bits per heavy atom. The van der Waals surface area contributed by atoms with E-state index >= 15 is 0 Å². The first-order valence-corrected chi connectivity index (χ1v) is 11.0. The van der Waals surface area contributed by atoms with Gasteiger partial charge in [0.25, 0.3) is 11.7 Å². The highest BCUT2D eigenvalue weighted by Crippen LogP contribution is 2.40. The van der Waals surface area contributed by atoms with Crippen LogP contribution in [0, 0.1) is 0 Å². The molecule has 158 valence electrons. The van der Waals surface area contributed by atoms with Crippen LogP contribution in [-0.4, -0.2) is 34.8 Å². The maximum Gasteiger partial charge on any atom is 0.295 e. The van der Waals surface area contributed by atoms with Crippen LogP contribution in [0.25, 0.3) is 5.76 Å². The third kappa shape index (κ3) is 4.59. The Kier molecular flexibility index (Phi) is 7.32. The minimum absolute atomic E-state index is 0.128. The lowest BCUT2D eigenvalue weighted by molar-refractivity contribution is -0.139. The zero-order valence-corrected chi connectivity index (χ0v) is 18.8. The fraction of sp³-hybridized carbons (Fsp3) is 0.333. The van der Waals surface area contributed by atoms with Crippen LogP contribution in [-0.2, 0) is 9.59 Å². The van der Waals surface area contributed by atoms with Crippen molar-refractivity contribution in [1.82, 2.24) is 4.90 Å². The number of ketones is 1. The molecule has 5 nitrogen and oxygen atoms in total. The van der Waals surface area contributed by atoms with Gasteiger partial charge in [-0.05, 0) is 43.2 Å². The molecule has 0 bridgehead atoms. The van der Waals surface area contributed by atoms with Gasteiger partial charge in [0, 0.05) is 16.6 Å². The third-order valence-electron chi connectivity index (χ3n) is 5.17. The zero-order valence-electron chi connectivity index (χ0n) is 17.2. The summed E-state index contributed by atoms with van der Waals surface area (Å²) in [6.45, 7) is 5.02. The van der Waals surface area contributed by atoms with E-state index in [1.54, 1.807) is 29.2 Å². The number of amides is 1. The zero-order chi connectivity index (χ0) is 21.7. The van der Waals surface area contributed by atoms with Gasteiger partial charge in [-0.2, -0.15) is 0 Å². The van der Waals surface area contributed by atoms with E-state index in [1.807, 2.05) is 31.2 Å². The molecule has 1 atom stereocenters. The van der Waals surface area contributed by atoms with E-state index in [2.05, 4.69) is 22.9 Å². The normalized spacial score (nSPS) is 18.1. The van der Waals surface area contributed by atoms with E-state index in [1.165, 1.54) is 0 Å². The summed E-state index contributed by atoms with van der Waals surface area (Å²) in [6, 6.07) is 13.7. The standard InChI is InChI=1S/C24H26BrNO4/c1-3-5-6-15-26-21(16-9-13-19(14-10-16)30-4-2)20(23(28)24(26)29)22(27)17-7-11-18(25)12-8-17/h7-14,21,27H,3-6,15H2,1-2H3/b22-20-. The molecule has 30 heavy (non-hydrogen) atoms. The number of unbranched alkanes of at least 4 members (excludes halogenated alkanes) is 2. The van der Waals surface area contributed by atoms with Crippen LogP contribution >= 0.6 is 15.9 Å². The van der Waals surface area contributed by atoms with Gasteiger partial charge in [-0.15, -0.1) is 0 Å². The van der Waals surface area contributed by atoms with Crippen LogP contribution < -0.4 is 4.74 Å². The largest absolute Gasteiger partial charge is 0.507 e. The molecular formula is C24H26BrNO4. The highest BCUT2D eigenvalue weighted by Gasteiger charge is 2.45. The van der Waals surface area contributed by atoms with E-state index in [9.17, 15) is 14.7 Å². The molecule has 1 N–H and O–H groups in total. The number of ether oxygens (including phenoxy) is 1. The highest BCUT2D eigenvalue weighted by atomic mass is 79.9. The number of nitrogens with zero attached hydrogens (tertiary/aromatic N) is 1. The van der Waals surface area contributed by atoms with Crippen molar-refractivity contribution in [2.24, 2.45) is 0 Å². The second-order valence-corrected chi connectivity index (χ2v) is 8.12. The van der Waals surface area contributed by atoms with Gasteiger partial charge in [0.1, 0.15) is 11.5 Å². The predicted octanol–water partition coefficient (Wildman–Crippen LogP) is 5.46. The highest BCUT2D eigenvalue weighted by molar-refractivity contribution is 9.10. The lowest BCUT2D eigenvalue weighted by atomic mass is 9.95. The maximum atomic E-state index is 12.9. The Hall–Kier alpha value is -2.60. The average Bonchev–Trinajstić information content (AvgIpc) is 3.00. The minimum atomic E-state index is -0.647. The van der Waals surface area contributed by atoms with E-state index in [0.29, 0.717) is 18.7 Å². The van der Waals surface area contributed by atoms with E-state index in [0.717, 1.165) is 35.0 Å². The van der Waals surface area contributed by atoms with Gasteiger partial charge in [-0.1, -0.05) is 60.0 Å². The van der Waals surface area contributed by atoms with Crippen LogP contribution in [0.15, 0.2) is 58.6 Å². The average molecular weight is 472 g/mol. The van der Waals surface area contributed by atoms with Crippen LogP contribution in [0.5, 0.6) is 5.75 Å². The first kappa shape index (κ1) is 22.1. The fourth-order valence-electron chi connectivity index (χ4n) is 3.67. The molecule has 0 aromatic heterocycles. The molecule has 1 aliphatic rings. The number of halogens is 1. The quantitative estimate of drug-likeness (QED) is 0.240. The molecule has 0 saturated carbocycles. The topological polar surface area (TPSA) is 66.8 Å². The summed E-state index contributed by atoms with van der Waals surface area (Å²) in [5, 5.41) is 11.0. The van der Waals surface area contributed by atoms with Crippen LogP contribution in [0.1, 0.15) is 50.3 Å². The molecule has 6 heteroatoms. The number of likely N-dealkylation sites (tertiary alicyclic amines) is 1. The second-order valence-electron chi connectivity index (χ2n) is 7.21. The summed E-state index contributed by atoms with van der Waals surface area (Å²) >= 11 is 3.37. The van der Waals surface area contributed by atoms with Crippen molar-refractivity contribution in [3.8, 4) is 5.75 Å². The number of benzene rings is 2. The number of carbonyl (C=O) groups excluding carboxylic acids is 2. The van der Waals surface area contributed by atoms with Gasteiger partial charge in [0.05, 0.1) is 18.2 Å². The number of Topliss-reactive ketones (excluding diaryl/α,β-unsaturated/α-hetero) is 1. The van der Waals surface area contributed by atoms with Crippen molar-refractivity contribution in [1.29, 1.82) is 0 Å². The Morgan fingerprint density at radius 3 is 2.30 bits per heavy atom. The molecule has 0 aliphatic carbocycles. The van der Waals surface area contributed by atoms with Crippen molar-refractivity contribution < 1.29 is 19.4 Å². The number of hydrogen-bond acceptors (Lipinski definition) is 4. The van der Waals surface area contributed by atoms with Crippen LogP contribution in [0.4, 0.5) is 0 Å².